The van der Waals surface area contributed by atoms with Gasteiger partial charge in [-0.2, -0.15) is 13.2 Å². The summed E-state index contributed by atoms with van der Waals surface area (Å²) in [5.74, 6) is 0. The summed E-state index contributed by atoms with van der Waals surface area (Å²) in [6.45, 7) is 6.17. The molecule has 1 aromatic carbocycles. The van der Waals surface area contributed by atoms with Crippen LogP contribution in [0.3, 0.4) is 0 Å². The van der Waals surface area contributed by atoms with Gasteiger partial charge < -0.3 is 19.0 Å². The molecule has 0 amide bonds. The van der Waals surface area contributed by atoms with Gasteiger partial charge >= 0.3 is 6.18 Å². The Hall–Kier alpha value is -2.32. The molecule has 0 radical (unpaired) electrons. The molecule has 5 nitrogen and oxygen atoms in total. The summed E-state index contributed by atoms with van der Waals surface area (Å²) in [6.07, 6.45) is 6.52. The molecule has 0 bridgehead atoms. The number of unbranched alkanes of at least 4 members (excludes halogenated alkanes) is 6. The van der Waals surface area contributed by atoms with Crippen molar-refractivity contribution < 1.29 is 22.6 Å². The molecule has 36 heavy (non-hydrogen) atoms. The number of rotatable bonds is 11. The Morgan fingerprint density at radius 1 is 1.03 bits per heavy atom. The summed E-state index contributed by atoms with van der Waals surface area (Å²) in [4.78, 5) is 14.4. The van der Waals surface area contributed by atoms with E-state index in [4.69, 9.17) is 9.47 Å². The minimum absolute atomic E-state index is 0.00376. The second-order valence-electron chi connectivity index (χ2n) is 9.93. The minimum atomic E-state index is -4.60. The van der Waals surface area contributed by atoms with E-state index in [1.54, 1.807) is 6.07 Å². The number of ether oxygens (including phenoxy) is 2. The third kappa shape index (κ3) is 6.14. The first-order valence-electron chi connectivity index (χ1n) is 13.2. The largest absolute Gasteiger partial charge is 0.417 e. The van der Waals surface area contributed by atoms with Crippen LogP contribution in [-0.4, -0.2) is 29.1 Å². The molecule has 4 rings (SSSR count). The lowest BCUT2D eigenvalue weighted by Crippen LogP contribution is -2.22. The van der Waals surface area contributed by atoms with Crippen molar-refractivity contribution in [2.24, 2.45) is 0 Å². The van der Waals surface area contributed by atoms with Crippen molar-refractivity contribution >= 4 is 21.8 Å². The lowest BCUT2D eigenvalue weighted by molar-refractivity contribution is -0.162. The Kier molecular flexibility index (Phi) is 8.78. The summed E-state index contributed by atoms with van der Waals surface area (Å²) >= 11 is 0. The average Bonchev–Trinajstić information content (AvgIpc) is 3.09. The van der Waals surface area contributed by atoms with Gasteiger partial charge in [0.25, 0.3) is 0 Å². The van der Waals surface area contributed by atoms with Crippen LogP contribution in [0.15, 0.2) is 23.0 Å². The molecule has 1 fully saturated rings. The molecule has 2 aromatic heterocycles. The summed E-state index contributed by atoms with van der Waals surface area (Å²) in [6, 6.07) is 4.09. The van der Waals surface area contributed by atoms with Crippen molar-refractivity contribution in [3.63, 3.8) is 0 Å². The maximum absolute atomic E-state index is 13.8. The molecule has 1 unspecified atom stereocenters. The van der Waals surface area contributed by atoms with Gasteiger partial charge in [0.15, 0.2) is 6.29 Å². The second kappa shape index (κ2) is 11.8. The molecule has 0 saturated carbocycles. The van der Waals surface area contributed by atoms with Gasteiger partial charge in [-0.25, -0.2) is 0 Å². The van der Waals surface area contributed by atoms with Gasteiger partial charge in [-0.15, -0.1) is 0 Å². The number of halogens is 3. The zero-order valence-corrected chi connectivity index (χ0v) is 21.3. The van der Waals surface area contributed by atoms with Crippen LogP contribution < -0.4 is 5.56 Å². The highest BCUT2D eigenvalue weighted by Crippen LogP contribution is 2.39. The standard InChI is InChI=1S/C28H37F3N2O3/c1-19-20(2)33(15-9-6-4-3-5-7-10-16-35-25-12-8-11-17-36-25)23-14-13-22-27(26(19)23)21(28(29,30)31)18-24(34)32-22/h13-14,18,25H,3-12,15-17H2,1-2H3,(H,32,34). The Bertz CT molecular complexity index is 1220. The van der Waals surface area contributed by atoms with Crippen molar-refractivity contribution in [2.75, 3.05) is 13.2 Å². The number of fused-ring (bicyclic) bond motifs is 3. The van der Waals surface area contributed by atoms with Crippen molar-refractivity contribution in [3.05, 3.63) is 45.4 Å². The van der Waals surface area contributed by atoms with Gasteiger partial charge in [-0.05, 0) is 63.6 Å². The second-order valence-corrected chi connectivity index (χ2v) is 9.93. The monoisotopic (exact) mass is 506 g/mol. The van der Waals surface area contributed by atoms with E-state index in [2.05, 4.69) is 9.55 Å². The van der Waals surface area contributed by atoms with Gasteiger partial charge in [-0.1, -0.05) is 32.1 Å². The van der Waals surface area contributed by atoms with Crippen LogP contribution in [0.25, 0.3) is 21.8 Å². The molecule has 0 spiro atoms. The number of aromatic amines is 1. The Morgan fingerprint density at radius 2 is 1.75 bits per heavy atom. The number of pyridine rings is 1. The maximum Gasteiger partial charge on any atom is 0.417 e. The molecule has 1 N–H and O–H groups in total. The maximum atomic E-state index is 13.8. The molecule has 1 saturated heterocycles. The smallest absolute Gasteiger partial charge is 0.353 e. The van der Waals surface area contributed by atoms with Gasteiger partial charge in [0.2, 0.25) is 5.56 Å². The molecule has 1 aliphatic heterocycles. The normalized spacial score (nSPS) is 16.9. The Balaban J connectivity index is 1.31. The molecule has 1 atom stereocenters. The van der Waals surface area contributed by atoms with Crippen LogP contribution in [0.1, 0.15) is 81.0 Å². The van der Waals surface area contributed by atoms with E-state index in [0.717, 1.165) is 81.5 Å². The first-order valence-corrected chi connectivity index (χ1v) is 13.2. The lowest BCUT2D eigenvalue weighted by atomic mass is 10.0. The summed E-state index contributed by atoms with van der Waals surface area (Å²) in [5.41, 5.74) is 1.20. The van der Waals surface area contributed by atoms with E-state index in [1.165, 1.54) is 19.3 Å². The highest BCUT2D eigenvalue weighted by Gasteiger charge is 2.34. The van der Waals surface area contributed by atoms with Crippen molar-refractivity contribution in [3.8, 4) is 0 Å². The van der Waals surface area contributed by atoms with E-state index in [1.807, 2.05) is 19.9 Å². The zero-order valence-electron chi connectivity index (χ0n) is 21.3. The molecule has 0 aliphatic carbocycles. The summed E-state index contributed by atoms with van der Waals surface area (Å²) in [5, 5.41) is 0.660. The van der Waals surface area contributed by atoms with Crippen LogP contribution in [-0.2, 0) is 22.2 Å². The number of aromatic nitrogens is 2. The average molecular weight is 507 g/mol. The number of benzene rings is 1. The molecular weight excluding hydrogens is 469 g/mol. The fourth-order valence-electron chi connectivity index (χ4n) is 5.34. The van der Waals surface area contributed by atoms with Crippen LogP contribution in [0.2, 0.25) is 0 Å². The highest BCUT2D eigenvalue weighted by atomic mass is 19.4. The predicted molar refractivity (Wildman–Crippen MR) is 136 cm³/mol. The molecular formula is C28H37F3N2O3. The molecule has 8 heteroatoms. The van der Waals surface area contributed by atoms with Gasteiger partial charge in [-0.3, -0.25) is 4.79 Å². The molecule has 198 valence electrons. The quantitative estimate of drug-likeness (QED) is 0.276. The summed E-state index contributed by atoms with van der Waals surface area (Å²) in [7, 11) is 0. The van der Waals surface area contributed by atoms with Crippen LogP contribution in [0, 0.1) is 13.8 Å². The van der Waals surface area contributed by atoms with E-state index in [0.29, 0.717) is 11.5 Å². The predicted octanol–water partition coefficient (Wildman–Crippen LogP) is 7.39. The lowest BCUT2D eigenvalue weighted by Gasteiger charge is -2.22. The van der Waals surface area contributed by atoms with Crippen molar-refractivity contribution in [1.82, 2.24) is 9.55 Å². The van der Waals surface area contributed by atoms with E-state index < -0.39 is 17.3 Å². The van der Waals surface area contributed by atoms with Gasteiger partial charge in [0.05, 0.1) is 5.56 Å². The third-order valence-corrected chi connectivity index (χ3v) is 7.37. The fraction of sp³-hybridized carbons (Fsp3) is 0.607. The number of hydrogen-bond donors (Lipinski definition) is 1. The van der Waals surface area contributed by atoms with Crippen molar-refractivity contribution in [2.45, 2.75) is 97.1 Å². The molecule has 3 aromatic rings. The molecule has 1 aliphatic rings. The number of alkyl halides is 3. The number of nitrogens with zero attached hydrogens (tertiary/aromatic N) is 1. The number of aryl methyl sites for hydroxylation is 2. The Morgan fingerprint density at radius 3 is 2.44 bits per heavy atom. The van der Waals surface area contributed by atoms with E-state index in [-0.39, 0.29) is 17.2 Å². The molecule has 3 heterocycles. The summed E-state index contributed by atoms with van der Waals surface area (Å²) < 4.78 is 54.9. The number of nitrogens with one attached hydrogen (secondary N) is 1. The zero-order chi connectivity index (χ0) is 25.7. The van der Waals surface area contributed by atoms with Crippen LogP contribution in [0.5, 0.6) is 0 Å². The van der Waals surface area contributed by atoms with Crippen molar-refractivity contribution in [1.29, 1.82) is 0 Å². The van der Waals surface area contributed by atoms with E-state index >= 15 is 0 Å². The highest BCUT2D eigenvalue weighted by molar-refractivity contribution is 6.09. The fourth-order valence-corrected chi connectivity index (χ4v) is 5.34. The van der Waals surface area contributed by atoms with Crippen LogP contribution in [0.4, 0.5) is 13.2 Å². The number of hydrogen-bond acceptors (Lipinski definition) is 3. The SMILES string of the molecule is Cc1c(C)n(CCCCCCCCCOC2CCCCO2)c2ccc3[nH]c(=O)cc(C(F)(F)F)c3c12. The topological polar surface area (TPSA) is 56.2 Å². The first-order chi connectivity index (χ1) is 17.3. The van der Waals surface area contributed by atoms with Gasteiger partial charge in [0, 0.05) is 53.3 Å². The van der Waals surface area contributed by atoms with Gasteiger partial charge in [0.1, 0.15) is 0 Å². The minimum Gasteiger partial charge on any atom is -0.353 e. The number of H-pyrrole nitrogens is 1. The first kappa shape index (κ1) is 26.7. The van der Waals surface area contributed by atoms with E-state index in [9.17, 15) is 18.0 Å². The third-order valence-electron chi connectivity index (χ3n) is 7.37. The Labute approximate surface area is 210 Å². The van der Waals surface area contributed by atoms with Crippen LogP contribution >= 0.6 is 0 Å².